The van der Waals surface area contributed by atoms with Crippen LogP contribution in [-0.4, -0.2) is 57.8 Å². The Hall–Kier alpha value is -5.36. The minimum absolute atomic E-state index is 0.0198. The molecule has 0 saturated carbocycles. The Balaban J connectivity index is 1.52. The van der Waals surface area contributed by atoms with Crippen LogP contribution in [-0.2, 0) is 0 Å². The Labute approximate surface area is 295 Å². The Morgan fingerprint density at radius 1 is 0.460 bits per heavy atom. The largest absolute Gasteiger partial charge is 0.339 e. The molecule has 0 spiro atoms. The van der Waals surface area contributed by atoms with Crippen molar-refractivity contribution in [2.45, 2.75) is 53.4 Å². The number of aromatic nitrogens is 2. The maximum atomic E-state index is 14.2. The van der Waals surface area contributed by atoms with Gasteiger partial charge < -0.3 is 9.80 Å². The van der Waals surface area contributed by atoms with Gasteiger partial charge in [-0.3, -0.25) is 9.59 Å². The fourth-order valence-electron chi connectivity index (χ4n) is 6.73. The van der Waals surface area contributed by atoms with E-state index in [1.54, 1.807) is 0 Å². The van der Waals surface area contributed by atoms with E-state index < -0.39 is 0 Å². The van der Waals surface area contributed by atoms with E-state index in [-0.39, 0.29) is 11.8 Å². The highest BCUT2D eigenvalue weighted by Crippen LogP contribution is 2.33. The van der Waals surface area contributed by atoms with Crippen molar-refractivity contribution in [1.82, 2.24) is 19.8 Å². The highest BCUT2D eigenvalue weighted by Gasteiger charge is 2.22. The maximum Gasteiger partial charge on any atom is 0.254 e. The summed E-state index contributed by atoms with van der Waals surface area (Å²) in [6, 6.07) is 36.2. The van der Waals surface area contributed by atoms with Crippen molar-refractivity contribution in [3.05, 3.63) is 120 Å². The van der Waals surface area contributed by atoms with Crippen LogP contribution in [0.4, 0.5) is 0 Å². The van der Waals surface area contributed by atoms with E-state index in [1.807, 2.05) is 94.7 Å². The van der Waals surface area contributed by atoms with Crippen LogP contribution in [0.2, 0.25) is 0 Å². The molecule has 2 heterocycles. The van der Waals surface area contributed by atoms with Crippen LogP contribution in [0.25, 0.3) is 55.4 Å². The first-order valence-corrected chi connectivity index (χ1v) is 18.0. The molecular formula is C44H46N4O2. The first kappa shape index (κ1) is 34.5. The van der Waals surface area contributed by atoms with Gasteiger partial charge in [0.15, 0.2) is 0 Å². The second-order valence-corrected chi connectivity index (χ2v) is 12.9. The van der Waals surface area contributed by atoms with Crippen molar-refractivity contribution in [2.75, 3.05) is 26.2 Å². The van der Waals surface area contributed by atoms with Crippen LogP contribution in [0.3, 0.4) is 0 Å². The maximum absolute atomic E-state index is 14.2. The number of nitrogens with zero attached hydrogens (tertiary/aromatic N) is 4. The molecule has 2 aromatic heterocycles. The molecule has 0 aliphatic rings. The summed E-state index contributed by atoms with van der Waals surface area (Å²) < 4.78 is 0. The molecule has 0 fully saturated rings. The van der Waals surface area contributed by atoms with Gasteiger partial charge in [0.05, 0.1) is 33.5 Å². The van der Waals surface area contributed by atoms with E-state index in [4.69, 9.17) is 9.97 Å². The number of hydrogen-bond donors (Lipinski definition) is 0. The third-order valence-corrected chi connectivity index (χ3v) is 9.10. The monoisotopic (exact) mass is 662 g/mol. The van der Waals surface area contributed by atoms with Crippen molar-refractivity contribution < 1.29 is 9.59 Å². The van der Waals surface area contributed by atoms with Gasteiger partial charge in [0.1, 0.15) is 0 Å². The lowest BCUT2D eigenvalue weighted by Crippen LogP contribution is -2.32. The average molecular weight is 663 g/mol. The third-order valence-electron chi connectivity index (χ3n) is 9.10. The molecule has 6 aromatic rings. The molecule has 254 valence electrons. The fraction of sp³-hybridized carbons (Fsp3) is 0.273. The van der Waals surface area contributed by atoms with Gasteiger partial charge >= 0.3 is 0 Å². The molecule has 6 rings (SSSR count). The van der Waals surface area contributed by atoms with E-state index in [2.05, 4.69) is 52.0 Å². The molecular weight excluding hydrogens is 617 g/mol. The number of rotatable bonds is 13. The SMILES string of the molecule is CCCN(CCC)C(=O)c1cc(-c2ccccc2)nc2ccc(-c3ccc4nc(-c5ccccc5)cc(C(=O)N(CCC)CCC)c4c3)cc12. The summed E-state index contributed by atoms with van der Waals surface area (Å²) in [5.74, 6) is 0.0396. The number of hydrogen-bond acceptors (Lipinski definition) is 4. The van der Waals surface area contributed by atoms with Crippen LogP contribution in [0.1, 0.15) is 74.1 Å². The molecule has 0 unspecified atom stereocenters. The first-order valence-electron chi connectivity index (χ1n) is 18.0. The zero-order chi connectivity index (χ0) is 35.0. The first-order chi connectivity index (χ1) is 24.4. The standard InChI is InChI=1S/C44H46N4O2/c1-5-23-47(24-6-2)43(49)37-29-41(31-15-11-9-12-16-31)45-39-21-19-33(27-35(37)39)34-20-22-40-36(28-34)38(44(50)48(25-7-3)26-8-4)30-42(46-40)32-17-13-10-14-18-32/h9-22,27-30H,5-8,23-26H2,1-4H3. The normalized spacial score (nSPS) is 11.2. The van der Waals surface area contributed by atoms with Crippen LogP contribution in [0.15, 0.2) is 109 Å². The lowest BCUT2D eigenvalue weighted by atomic mass is 9.96. The zero-order valence-corrected chi connectivity index (χ0v) is 29.7. The molecule has 2 amide bonds. The number of carbonyl (C=O) groups is 2. The van der Waals surface area contributed by atoms with Crippen LogP contribution in [0.5, 0.6) is 0 Å². The third kappa shape index (κ3) is 7.30. The predicted molar refractivity (Wildman–Crippen MR) is 206 cm³/mol. The van der Waals surface area contributed by atoms with Gasteiger partial charge in [-0.1, -0.05) is 100 Å². The molecule has 0 aliphatic carbocycles. The van der Waals surface area contributed by atoms with Gasteiger partial charge in [-0.15, -0.1) is 0 Å². The molecule has 0 radical (unpaired) electrons. The van der Waals surface area contributed by atoms with Crippen molar-refractivity contribution >= 4 is 33.6 Å². The molecule has 6 heteroatoms. The van der Waals surface area contributed by atoms with Gasteiger partial charge in [0, 0.05) is 48.1 Å². The molecule has 4 aromatic carbocycles. The minimum atomic E-state index is 0.0198. The topological polar surface area (TPSA) is 66.4 Å². The number of pyridine rings is 2. The fourth-order valence-corrected chi connectivity index (χ4v) is 6.73. The number of carbonyl (C=O) groups excluding carboxylic acids is 2. The van der Waals surface area contributed by atoms with Crippen LogP contribution < -0.4 is 0 Å². The van der Waals surface area contributed by atoms with E-state index in [0.717, 1.165) is 81.1 Å². The van der Waals surface area contributed by atoms with Crippen molar-refractivity contribution in [1.29, 1.82) is 0 Å². The molecule has 50 heavy (non-hydrogen) atoms. The highest BCUT2D eigenvalue weighted by atomic mass is 16.2. The van der Waals surface area contributed by atoms with Crippen molar-refractivity contribution in [3.63, 3.8) is 0 Å². The summed E-state index contributed by atoms with van der Waals surface area (Å²) in [4.78, 5) is 42.4. The second-order valence-electron chi connectivity index (χ2n) is 12.9. The molecule has 0 bridgehead atoms. The lowest BCUT2D eigenvalue weighted by Gasteiger charge is -2.23. The number of amides is 2. The van der Waals surface area contributed by atoms with Gasteiger partial charge in [0.25, 0.3) is 11.8 Å². The smallest absolute Gasteiger partial charge is 0.254 e. The molecule has 6 nitrogen and oxygen atoms in total. The van der Waals surface area contributed by atoms with Crippen molar-refractivity contribution in [3.8, 4) is 33.6 Å². The summed E-state index contributed by atoms with van der Waals surface area (Å²) in [5.41, 5.74) is 8.24. The minimum Gasteiger partial charge on any atom is -0.339 e. The molecule has 0 N–H and O–H groups in total. The van der Waals surface area contributed by atoms with E-state index in [9.17, 15) is 9.59 Å². The Morgan fingerprint density at radius 3 is 1.16 bits per heavy atom. The van der Waals surface area contributed by atoms with Crippen molar-refractivity contribution in [2.24, 2.45) is 0 Å². The van der Waals surface area contributed by atoms with Crippen LogP contribution >= 0.6 is 0 Å². The van der Waals surface area contributed by atoms with Gasteiger partial charge in [-0.05, 0) is 73.2 Å². The summed E-state index contributed by atoms with van der Waals surface area (Å²) in [6.45, 7) is 11.2. The van der Waals surface area contributed by atoms with Gasteiger partial charge in [-0.2, -0.15) is 0 Å². The van der Waals surface area contributed by atoms with Gasteiger partial charge in [0.2, 0.25) is 0 Å². The quantitative estimate of drug-likeness (QED) is 0.123. The summed E-state index contributed by atoms with van der Waals surface area (Å²) in [5, 5.41) is 1.63. The van der Waals surface area contributed by atoms with Crippen LogP contribution in [0, 0.1) is 0 Å². The van der Waals surface area contributed by atoms with E-state index >= 15 is 0 Å². The van der Waals surface area contributed by atoms with Gasteiger partial charge in [-0.25, -0.2) is 9.97 Å². The number of fused-ring (bicyclic) bond motifs is 2. The Kier molecular flexibility index (Phi) is 11.0. The number of benzene rings is 4. The summed E-state index contributed by atoms with van der Waals surface area (Å²) >= 11 is 0. The zero-order valence-electron chi connectivity index (χ0n) is 29.7. The van der Waals surface area contributed by atoms with E-state index in [1.165, 1.54) is 0 Å². The molecule has 0 saturated heterocycles. The molecule has 0 aliphatic heterocycles. The Morgan fingerprint density at radius 2 is 0.820 bits per heavy atom. The predicted octanol–water partition coefficient (Wildman–Crippen LogP) is 10.3. The Bertz CT molecular complexity index is 1950. The second kappa shape index (κ2) is 15.9. The summed E-state index contributed by atoms with van der Waals surface area (Å²) in [7, 11) is 0. The molecule has 0 atom stereocenters. The average Bonchev–Trinajstić information content (AvgIpc) is 3.16. The highest BCUT2D eigenvalue weighted by molar-refractivity contribution is 6.10. The lowest BCUT2D eigenvalue weighted by molar-refractivity contribution is 0.0750. The van der Waals surface area contributed by atoms with E-state index in [0.29, 0.717) is 37.3 Å². The summed E-state index contributed by atoms with van der Waals surface area (Å²) in [6.07, 6.45) is 3.55.